The van der Waals surface area contributed by atoms with Gasteiger partial charge in [0.05, 0.1) is 13.2 Å². The third-order valence-electron chi connectivity index (χ3n) is 3.82. The molecule has 5 nitrogen and oxygen atoms in total. The Bertz CT molecular complexity index is 680. The van der Waals surface area contributed by atoms with Gasteiger partial charge in [-0.2, -0.15) is 0 Å². The molecular weight excluding hydrogens is 344 g/mol. The molecule has 0 aliphatic heterocycles. The van der Waals surface area contributed by atoms with Crippen LogP contribution in [0.25, 0.3) is 0 Å². The summed E-state index contributed by atoms with van der Waals surface area (Å²) in [4.78, 5) is 0. The third-order valence-corrected chi connectivity index (χ3v) is 3.82. The zero-order valence-electron chi connectivity index (χ0n) is 15.7. The predicted octanol–water partition coefficient (Wildman–Crippen LogP) is 4.65. The van der Waals surface area contributed by atoms with Gasteiger partial charge in [0.15, 0.2) is 0 Å². The first-order chi connectivity index (χ1) is 13.2. The van der Waals surface area contributed by atoms with E-state index in [0.29, 0.717) is 35.9 Å². The summed E-state index contributed by atoms with van der Waals surface area (Å²) in [5.41, 5.74) is 1.66. The molecule has 0 saturated heterocycles. The second kappa shape index (κ2) is 11.1. The van der Waals surface area contributed by atoms with E-state index >= 15 is 0 Å². The normalized spacial score (nSPS) is 12.0. The molecule has 0 aliphatic rings. The maximum absolute atomic E-state index is 9.07. The van der Waals surface area contributed by atoms with Gasteiger partial charge >= 0.3 is 0 Å². The van der Waals surface area contributed by atoms with Crippen LogP contribution in [0, 0.1) is 0 Å². The van der Waals surface area contributed by atoms with Crippen LogP contribution < -0.4 is 9.47 Å². The number of hydrogen-bond donors (Lipinski definition) is 2. The minimum absolute atomic E-state index is 0.00677. The van der Waals surface area contributed by atoms with E-state index in [1.807, 2.05) is 38.1 Å². The molecule has 0 aliphatic carbocycles. The van der Waals surface area contributed by atoms with Gasteiger partial charge in [-0.1, -0.05) is 38.1 Å². The second-order valence-electron chi connectivity index (χ2n) is 5.82. The highest BCUT2D eigenvalue weighted by Crippen LogP contribution is 2.18. The smallest absolute Gasteiger partial charge is 0.138 e. The minimum Gasteiger partial charge on any atom is -0.461 e. The lowest BCUT2D eigenvalue weighted by Gasteiger charge is -2.11. The first-order valence-electron chi connectivity index (χ1n) is 8.97. The Morgan fingerprint density at radius 1 is 0.704 bits per heavy atom. The summed E-state index contributed by atoms with van der Waals surface area (Å²) < 4.78 is 17.1. The van der Waals surface area contributed by atoms with Crippen LogP contribution in [-0.2, 0) is 18.0 Å². The highest BCUT2D eigenvalue weighted by Gasteiger charge is 2.03. The molecule has 0 unspecified atom stereocenters. The van der Waals surface area contributed by atoms with E-state index < -0.39 is 0 Å². The van der Waals surface area contributed by atoms with Crippen molar-refractivity contribution in [3.63, 3.8) is 0 Å². The van der Waals surface area contributed by atoms with E-state index in [1.165, 1.54) is 0 Å². The zero-order valence-corrected chi connectivity index (χ0v) is 15.7. The van der Waals surface area contributed by atoms with Crippen molar-refractivity contribution in [2.75, 3.05) is 0 Å². The van der Waals surface area contributed by atoms with E-state index in [9.17, 15) is 0 Å². The van der Waals surface area contributed by atoms with Crippen LogP contribution in [0.3, 0.4) is 0 Å². The van der Waals surface area contributed by atoms with Crippen molar-refractivity contribution in [2.24, 2.45) is 0 Å². The van der Waals surface area contributed by atoms with Crippen LogP contribution in [0.5, 0.6) is 11.5 Å². The lowest BCUT2D eigenvalue weighted by molar-refractivity contribution is 0.252. The van der Waals surface area contributed by atoms with Gasteiger partial charge < -0.3 is 24.4 Å². The summed E-state index contributed by atoms with van der Waals surface area (Å²) in [6, 6.07) is 14.4. The van der Waals surface area contributed by atoms with Gasteiger partial charge in [0.2, 0.25) is 0 Å². The van der Waals surface area contributed by atoms with E-state index in [1.54, 1.807) is 36.8 Å². The number of benzene rings is 2. The topological polar surface area (TPSA) is 68.2 Å². The van der Waals surface area contributed by atoms with Gasteiger partial charge in [0.1, 0.15) is 35.5 Å². The second-order valence-corrected chi connectivity index (χ2v) is 5.82. The number of hydrogen-bond acceptors (Lipinski definition) is 5. The Morgan fingerprint density at radius 2 is 1.07 bits per heavy atom. The van der Waals surface area contributed by atoms with Crippen LogP contribution in [-0.4, -0.2) is 10.2 Å². The van der Waals surface area contributed by atoms with Crippen LogP contribution in [0.2, 0.25) is 0 Å². The van der Waals surface area contributed by atoms with Crippen molar-refractivity contribution in [3.05, 3.63) is 83.7 Å². The molecule has 2 aromatic rings. The third kappa shape index (κ3) is 6.81. The van der Waals surface area contributed by atoms with Crippen LogP contribution in [0.4, 0.5) is 0 Å². The van der Waals surface area contributed by atoms with Crippen molar-refractivity contribution in [2.45, 2.75) is 39.9 Å². The molecule has 2 aromatic carbocycles. The van der Waals surface area contributed by atoms with Gasteiger partial charge in [-0.3, -0.25) is 0 Å². The Kier molecular flexibility index (Phi) is 8.42. The number of rotatable bonds is 10. The van der Waals surface area contributed by atoms with E-state index in [-0.39, 0.29) is 13.2 Å². The van der Waals surface area contributed by atoms with Gasteiger partial charge in [0, 0.05) is 12.8 Å². The summed E-state index contributed by atoms with van der Waals surface area (Å²) in [6.45, 7) is 3.97. The highest BCUT2D eigenvalue weighted by atomic mass is 16.5. The van der Waals surface area contributed by atoms with Crippen molar-refractivity contribution in [3.8, 4) is 11.5 Å². The Morgan fingerprint density at radius 3 is 1.37 bits per heavy atom. The summed E-state index contributed by atoms with van der Waals surface area (Å²) in [7, 11) is 0. The molecule has 2 rings (SSSR count). The fourth-order valence-corrected chi connectivity index (χ4v) is 2.14. The summed E-state index contributed by atoms with van der Waals surface area (Å²) in [6.07, 6.45) is 4.48. The molecular formula is C22H26O5. The molecule has 0 fully saturated rings. The fraction of sp³-hybridized carbons (Fsp3) is 0.273. The molecule has 0 spiro atoms. The number of ether oxygens (including phenoxy) is 3. The molecule has 0 saturated carbocycles. The maximum atomic E-state index is 9.07. The molecule has 27 heavy (non-hydrogen) atoms. The van der Waals surface area contributed by atoms with Gasteiger partial charge in [0.25, 0.3) is 0 Å². The monoisotopic (exact) mass is 370 g/mol. The lowest BCUT2D eigenvalue weighted by Crippen LogP contribution is -1.97. The number of aliphatic hydroxyl groups excluding tert-OH is 2. The van der Waals surface area contributed by atoms with Crippen molar-refractivity contribution in [1.29, 1.82) is 0 Å². The number of allylic oxidation sites excluding steroid dienone is 2. The minimum atomic E-state index is 0.00677. The Hall–Kier alpha value is -2.76. The first kappa shape index (κ1) is 20.6. The maximum Gasteiger partial charge on any atom is 0.138 e. The quantitative estimate of drug-likeness (QED) is 0.596. The molecule has 5 heteroatoms. The SMILES string of the molecule is CCC(=COc1ccc(CO)cc1)OC(=COc1ccc(CO)cc1)CC. The number of aliphatic hydroxyl groups is 2. The lowest BCUT2D eigenvalue weighted by atomic mass is 10.2. The molecule has 0 aromatic heterocycles. The molecule has 0 amide bonds. The van der Waals surface area contributed by atoms with Crippen LogP contribution in [0.15, 0.2) is 72.6 Å². The molecule has 2 N–H and O–H groups in total. The first-order valence-corrected chi connectivity index (χ1v) is 8.97. The summed E-state index contributed by atoms with van der Waals surface area (Å²) >= 11 is 0. The molecule has 0 atom stereocenters. The summed E-state index contributed by atoms with van der Waals surface area (Å²) in [5, 5.41) is 18.1. The predicted molar refractivity (Wildman–Crippen MR) is 104 cm³/mol. The van der Waals surface area contributed by atoms with Crippen LogP contribution in [0.1, 0.15) is 37.8 Å². The van der Waals surface area contributed by atoms with E-state index in [2.05, 4.69) is 0 Å². The van der Waals surface area contributed by atoms with Gasteiger partial charge in [-0.15, -0.1) is 0 Å². The van der Waals surface area contributed by atoms with E-state index in [0.717, 1.165) is 11.1 Å². The average Bonchev–Trinajstić information content (AvgIpc) is 2.74. The van der Waals surface area contributed by atoms with Crippen molar-refractivity contribution in [1.82, 2.24) is 0 Å². The van der Waals surface area contributed by atoms with Crippen LogP contribution >= 0.6 is 0 Å². The highest BCUT2D eigenvalue weighted by molar-refractivity contribution is 5.28. The van der Waals surface area contributed by atoms with E-state index in [4.69, 9.17) is 24.4 Å². The molecule has 144 valence electrons. The largest absolute Gasteiger partial charge is 0.461 e. The molecule has 0 radical (unpaired) electrons. The molecule has 0 heterocycles. The Balaban J connectivity index is 1.97. The fourth-order valence-electron chi connectivity index (χ4n) is 2.14. The van der Waals surface area contributed by atoms with Crippen molar-refractivity contribution < 1.29 is 24.4 Å². The van der Waals surface area contributed by atoms with Gasteiger partial charge in [-0.25, -0.2) is 0 Å². The van der Waals surface area contributed by atoms with Gasteiger partial charge in [-0.05, 0) is 35.4 Å². The van der Waals surface area contributed by atoms with Crippen molar-refractivity contribution >= 4 is 0 Å². The summed E-state index contributed by atoms with van der Waals surface area (Å²) in [5.74, 6) is 2.69. The zero-order chi connectivity index (χ0) is 19.5. The Labute approximate surface area is 160 Å². The molecule has 0 bridgehead atoms. The average molecular weight is 370 g/mol. The standard InChI is InChI=1S/C22H26O5/c1-3-19(15-25-21-9-5-17(13-23)6-10-21)27-20(4-2)16-26-22-11-7-18(14-24)8-12-22/h5-12,15-16,23-24H,3-4,13-14H2,1-2H3.